The maximum Gasteiger partial charge on any atom is 0.327 e. The van der Waals surface area contributed by atoms with Crippen molar-refractivity contribution in [1.82, 2.24) is 5.32 Å². The number of carboxylic acids is 1. The van der Waals surface area contributed by atoms with Gasteiger partial charge in [-0.05, 0) is 36.1 Å². The minimum atomic E-state index is -1.66. The van der Waals surface area contributed by atoms with E-state index < -0.39 is 48.1 Å². The number of ether oxygens (including phenoxy) is 2. The Balaban J connectivity index is 1.92. The molecule has 2 N–H and O–H groups in total. The lowest BCUT2D eigenvalue weighted by Crippen LogP contribution is -2.51. The Morgan fingerprint density at radius 2 is 1.44 bits per heavy atom. The Kier molecular flexibility index (Phi) is 7.25. The van der Waals surface area contributed by atoms with Crippen molar-refractivity contribution in [2.45, 2.75) is 32.2 Å². The molecule has 1 amide bonds. The summed E-state index contributed by atoms with van der Waals surface area (Å²) in [6, 6.07) is 13.1. The second kappa shape index (κ2) is 10.1. The van der Waals surface area contributed by atoms with Crippen LogP contribution >= 0.6 is 0 Å². The SMILES string of the molecule is CCOC(=O)C[C@H](C(=O)OCC)[C@@H](NC(=O)C1c2ccccc2-c2ccccc21)C(=O)O. The summed E-state index contributed by atoms with van der Waals surface area (Å²) in [7, 11) is 0. The fourth-order valence-corrected chi connectivity index (χ4v) is 4.00. The van der Waals surface area contributed by atoms with Crippen molar-refractivity contribution in [3.8, 4) is 11.1 Å². The fourth-order valence-electron chi connectivity index (χ4n) is 4.00. The molecule has 2 atom stereocenters. The van der Waals surface area contributed by atoms with Crippen LogP contribution in [0, 0.1) is 5.92 Å². The van der Waals surface area contributed by atoms with Gasteiger partial charge in [0.25, 0.3) is 0 Å². The molecule has 0 bridgehead atoms. The molecule has 0 fully saturated rings. The Morgan fingerprint density at radius 3 is 1.94 bits per heavy atom. The first-order chi connectivity index (χ1) is 15.4. The number of esters is 2. The molecular formula is C24H25NO7. The van der Waals surface area contributed by atoms with Gasteiger partial charge in [-0.25, -0.2) is 4.79 Å². The molecule has 0 saturated heterocycles. The summed E-state index contributed by atoms with van der Waals surface area (Å²) in [5.74, 6) is -5.83. The Morgan fingerprint density at radius 1 is 0.906 bits per heavy atom. The molecule has 0 spiro atoms. The van der Waals surface area contributed by atoms with Crippen LogP contribution in [0.4, 0.5) is 0 Å². The lowest BCUT2D eigenvalue weighted by molar-refractivity contribution is -0.160. The van der Waals surface area contributed by atoms with E-state index in [2.05, 4.69) is 5.32 Å². The van der Waals surface area contributed by atoms with E-state index in [9.17, 15) is 24.3 Å². The topological polar surface area (TPSA) is 119 Å². The molecule has 8 heteroatoms. The minimum absolute atomic E-state index is 0.00181. The number of hydrogen-bond donors (Lipinski definition) is 2. The van der Waals surface area contributed by atoms with Gasteiger partial charge in [-0.3, -0.25) is 14.4 Å². The third-order valence-electron chi connectivity index (χ3n) is 5.34. The first kappa shape index (κ1) is 23.0. The number of rotatable bonds is 9. The smallest absolute Gasteiger partial charge is 0.327 e. The molecule has 168 valence electrons. The number of nitrogens with one attached hydrogen (secondary N) is 1. The third-order valence-corrected chi connectivity index (χ3v) is 5.34. The van der Waals surface area contributed by atoms with Crippen LogP contribution in [0.25, 0.3) is 11.1 Å². The normalized spacial score (nSPS) is 13.9. The Labute approximate surface area is 185 Å². The maximum absolute atomic E-state index is 13.3. The molecule has 0 aromatic heterocycles. The number of carboxylic acid groups (broad SMARTS) is 1. The molecule has 8 nitrogen and oxygen atoms in total. The zero-order valence-corrected chi connectivity index (χ0v) is 17.9. The van der Waals surface area contributed by atoms with Gasteiger partial charge in [-0.15, -0.1) is 0 Å². The Hall–Kier alpha value is -3.68. The van der Waals surface area contributed by atoms with E-state index in [1.165, 1.54) is 0 Å². The highest BCUT2D eigenvalue weighted by Crippen LogP contribution is 2.44. The molecule has 0 aliphatic heterocycles. The zero-order chi connectivity index (χ0) is 23.3. The van der Waals surface area contributed by atoms with Crippen LogP contribution in [0.1, 0.15) is 37.3 Å². The second-order valence-corrected chi connectivity index (χ2v) is 7.30. The summed E-state index contributed by atoms with van der Waals surface area (Å²) < 4.78 is 9.85. The highest BCUT2D eigenvalue weighted by atomic mass is 16.5. The minimum Gasteiger partial charge on any atom is -0.480 e. The highest BCUT2D eigenvalue weighted by Gasteiger charge is 2.41. The number of amides is 1. The van der Waals surface area contributed by atoms with E-state index in [-0.39, 0.29) is 13.2 Å². The molecule has 0 radical (unpaired) electrons. The standard InChI is InChI=1S/C24H25NO7/c1-3-31-19(26)13-18(24(30)32-4-2)21(23(28)29)25-22(27)20-16-11-7-5-9-14(16)15-10-6-8-12-17(15)20/h5-12,18,20-21H,3-4,13H2,1-2H3,(H,25,27)(H,28,29)/t18-,21+/m0/s1. The first-order valence-corrected chi connectivity index (χ1v) is 10.4. The molecule has 1 aliphatic carbocycles. The van der Waals surface area contributed by atoms with Crippen molar-refractivity contribution in [1.29, 1.82) is 0 Å². The largest absolute Gasteiger partial charge is 0.480 e. The first-order valence-electron chi connectivity index (χ1n) is 10.4. The van der Waals surface area contributed by atoms with Crippen LogP contribution in [0.5, 0.6) is 0 Å². The van der Waals surface area contributed by atoms with Crippen LogP contribution < -0.4 is 5.32 Å². The summed E-state index contributed by atoms with van der Waals surface area (Å²) in [4.78, 5) is 49.9. The van der Waals surface area contributed by atoms with E-state index in [4.69, 9.17) is 9.47 Å². The van der Waals surface area contributed by atoms with E-state index in [0.29, 0.717) is 0 Å². The summed E-state index contributed by atoms with van der Waals surface area (Å²) >= 11 is 0. The highest BCUT2D eigenvalue weighted by molar-refractivity contribution is 5.98. The number of carbonyl (C=O) groups is 4. The number of carbonyl (C=O) groups excluding carboxylic acids is 3. The molecule has 1 aliphatic rings. The molecule has 32 heavy (non-hydrogen) atoms. The van der Waals surface area contributed by atoms with E-state index in [1.54, 1.807) is 13.8 Å². The van der Waals surface area contributed by atoms with Crippen molar-refractivity contribution in [2.24, 2.45) is 5.92 Å². The predicted molar refractivity (Wildman–Crippen MR) is 115 cm³/mol. The Bertz CT molecular complexity index is 987. The molecule has 0 saturated carbocycles. The summed E-state index contributed by atoms with van der Waals surface area (Å²) in [6.07, 6.45) is -0.526. The van der Waals surface area contributed by atoms with Crippen molar-refractivity contribution < 1.29 is 33.8 Å². The number of fused-ring (bicyclic) bond motifs is 3. The molecule has 3 rings (SSSR count). The van der Waals surface area contributed by atoms with Gasteiger partial charge in [0, 0.05) is 0 Å². The second-order valence-electron chi connectivity index (χ2n) is 7.30. The van der Waals surface area contributed by atoms with Gasteiger partial charge in [0.1, 0.15) is 6.04 Å². The third kappa shape index (κ3) is 4.64. The van der Waals surface area contributed by atoms with Crippen LogP contribution in [0.15, 0.2) is 48.5 Å². The average molecular weight is 439 g/mol. The van der Waals surface area contributed by atoms with Crippen molar-refractivity contribution in [2.75, 3.05) is 13.2 Å². The van der Waals surface area contributed by atoms with Gasteiger partial charge in [-0.1, -0.05) is 48.5 Å². The van der Waals surface area contributed by atoms with E-state index >= 15 is 0 Å². The van der Waals surface area contributed by atoms with Gasteiger partial charge >= 0.3 is 17.9 Å². The van der Waals surface area contributed by atoms with Crippen molar-refractivity contribution in [3.05, 3.63) is 59.7 Å². The molecule has 0 unspecified atom stereocenters. The van der Waals surface area contributed by atoms with Crippen molar-refractivity contribution in [3.63, 3.8) is 0 Å². The van der Waals surface area contributed by atoms with Gasteiger partial charge in [0.2, 0.25) is 5.91 Å². The lowest BCUT2D eigenvalue weighted by atomic mass is 9.92. The van der Waals surface area contributed by atoms with Gasteiger partial charge in [-0.2, -0.15) is 0 Å². The quantitative estimate of drug-likeness (QED) is 0.576. The number of hydrogen-bond acceptors (Lipinski definition) is 6. The average Bonchev–Trinajstić information content (AvgIpc) is 3.11. The van der Waals surface area contributed by atoms with Crippen LogP contribution in [0.3, 0.4) is 0 Å². The van der Waals surface area contributed by atoms with Crippen LogP contribution in [0.2, 0.25) is 0 Å². The summed E-state index contributed by atoms with van der Waals surface area (Å²) in [6.45, 7) is 3.25. The number of aliphatic carboxylic acids is 1. The molecule has 0 heterocycles. The van der Waals surface area contributed by atoms with Gasteiger partial charge in [0.15, 0.2) is 0 Å². The monoisotopic (exact) mass is 439 g/mol. The molecule has 2 aromatic carbocycles. The predicted octanol–water partition coefficient (Wildman–Crippen LogP) is 2.50. The number of benzene rings is 2. The fraction of sp³-hybridized carbons (Fsp3) is 0.333. The van der Waals surface area contributed by atoms with Crippen LogP contribution in [-0.4, -0.2) is 48.2 Å². The maximum atomic E-state index is 13.3. The molecular weight excluding hydrogens is 414 g/mol. The summed E-state index contributed by atoms with van der Waals surface area (Å²) in [5.41, 5.74) is 3.27. The van der Waals surface area contributed by atoms with Gasteiger partial charge in [0.05, 0.1) is 31.5 Å². The van der Waals surface area contributed by atoms with Gasteiger partial charge < -0.3 is 19.9 Å². The van der Waals surface area contributed by atoms with E-state index in [0.717, 1.165) is 22.3 Å². The van der Waals surface area contributed by atoms with Crippen LogP contribution in [-0.2, 0) is 28.7 Å². The van der Waals surface area contributed by atoms with E-state index in [1.807, 2.05) is 48.5 Å². The molecule has 2 aromatic rings. The summed E-state index contributed by atoms with van der Waals surface area (Å²) in [5, 5.41) is 12.3. The van der Waals surface area contributed by atoms with Crippen molar-refractivity contribution >= 4 is 23.8 Å². The zero-order valence-electron chi connectivity index (χ0n) is 17.9. The lowest BCUT2D eigenvalue weighted by Gasteiger charge is -2.24.